The Hall–Kier alpha value is -3.23. The first-order valence-electron chi connectivity index (χ1n) is 9.19. The third-order valence-corrected chi connectivity index (χ3v) is 6.43. The highest BCUT2D eigenvalue weighted by Gasteiger charge is 2.57. The Labute approximate surface area is 183 Å². The van der Waals surface area contributed by atoms with Crippen LogP contribution < -0.4 is 15.6 Å². The Balaban J connectivity index is 1.89. The highest BCUT2D eigenvalue weighted by Crippen LogP contribution is 2.56. The lowest BCUT2D eigenvalue weighted by molar-refractivity contribution is -0.118. The van der Waals surface area contributed by atoms with E-state index in [1.54, 1.807) is 0 Å². The molecule has 1 spiro atoms. The van der Waals surface area contributed by atoms with Gasteiger partial charge in [-0.3, -0.25) is 14.6 Å². The first kappa shape index (κ1) is 17.6. The van der Waals surface area contributed by atoms with E-state index in [0.717, 1.165) is 15.2 Å². The van der Waals surface area contributed by atoms with Crippen molar-refractivity contribution in [3.8, 4) is 11.6 Å². The summed E-state index contributed by atoms with van der Waals surface area (Å²) in [5.74, 6) is 0.365. The molecule has 1 unspecified atom stereocenters. The van der Waals surface area contributed by atoms with E-state index in [4.69, 9.17) is 17.0 Å². The molecule has 0 radical (unpaired) electrons. The molecule has 4 aromatic rings. The van der Waals surface area contributed by atoms with Gasteiger partial charge in [0.05, 0.1) is 0 Å². The molecule has 0 saturated carbocycles. The summed E-state index contributed by atoms with van der Waals surface area (Å²) in [4.78, 5) is 32.5. The second-order valence-electron chi connectivity index (χ2n) is 7.27. The number of ether oxygens (including phenoxy) is 1. The van der Waals surface area contributed by atoms with Crippen molar-refractivity contribution in [3.63, 3.8) is 0 Å². The second-order valence-corrected chi connectivity index (χ2v) is 8.59. The number of aromatic nitrogens is 2. The van der Waals surface area contributed by atoms with Crippen LogP contribution in [0.3, 0.4) is 0 Å². The van der Waals surface area contributed by atoms with Gasteiger partial charge in [0.15, 0.2) is 4.77 Å². The summed E-state index contributed by atoms with van der Waals surface area (Å²) < 4.78 is 7.02. The van der Waals surface area contributed by atoms with Gasteiger partial charge in [0.2, 0.25) is 11.8 Å². The van der Waals surface area contributed by atoms with Crippen molar-refractivity contribution < 1.29 is 9.53 Å². The first-order chi connectivity index (χ1) is 14.5. The molecule has 1 aromatic heterocycles. The second kappa shape index (κ2) is 5.90. The minimum absolute atomic E-state index is 0.131. The number of hydrogen-bond acceptors (Lipinski definition) is 4. The molecule has 8 heteroatoms. The quantitative estimate of drug-likeness (QED) is 0.319. The number of anilines is 1. The molecule has 0 fully saturated rings. The molecule has 0 aliphatic carbocycles. The van der Waals surface area contributed by atoms with E-state index in [-0.39, 0.29) is 22.1 Å². The zero-order valence-corrected chi connectivity index (χ0v) is 17.6. The van der Waals surface area contributed by atoms with Crippen LogP contribution in [-0.2, 0) is 10.2 Å². The Morgan fingerprint density at radius 1 is 0.967 bits per heavy atom. The van der Waals surface area contributed by atoms with E-state index in [9.17, 15) is 9.59 Å². The molecule has 6 nitrogen and oxygen atoms in total. The molecule has 3 aromatic carbocycles. The van der Waals surface area contributed by atoms with Gasteiger partial charge in [-0.15, -0.1) is 0 Å². The van der Waals surface area contributed by atoms with Crippen molar-refractivity contribution >= 4 is 50.5 Å². The molecule has 0 bridgehead atoms. The van der Waals surface area contributed by atoms with Crippen molar-refractivity contribution in [1.29, 1.82) is 0 Å². The van der Waals surface area contributed by atoms with Crippen LogP contribution in [0.15, 0.2) is 63.9 Å². The highest BCUT2D eigenvalue weighted by molar-refractivity contribution is 9.10. The van der Waals surface area contributed by atoms with Gasteiger partial charge in [-0.2, -0.15) is 0 Å². The fourth-order valence-electron chi connectivity index (χ4n) is 4.61. The Morgan fingerprint density at radius 2 is 1.80 bits per heavy atom. The van der Waals surface area contributed by atoms with Gasteiger partial charge < -0.3 is 15.0 Å². The summed E-state index contributed by atoms with van der Waals surface area (Å²) >= 11 is 8.67. The van der Waals surface area contributed by atoms with Gasteiger partial charge in [0.1, 0.15) is 16.7 Å². The monoisotopic (exact) mass is 477 g/mol. The SMILES string of the molecule is O=C1Nc2ccc(Br)cc2C12c1c([nH]c(=S)[nH]c1=O)Oc1ccc3ccccc3c12. The van der Waals surface area contributed by atoms with Crippen molar-refractivity contribution in [2.75, 3.05) is 5.32 Å². The average molecular weight is 478 g/mol. The Morgan fingerprint density at radius 3 is 2.67 bits per heavy atom. The summed E-state index contributed by atoms with van der Waals surface area (Å²) in [6.07, 6.45) is 0. The summed E-state index contributed by atoms with van der Waals surface area (Å²) in [7, 11) is 0. The van der Waals surface area contributed by atoms with Crippen LogP contribution in [0.4, 0.5) is 5.69 Å². The number of carbonyl (C=O) groups is 1. The molecule has 6 rings (SSSR count). The van der Waals surface area contributed by atoms with E-state index >= 15 is 0 Å². The zero-order chi connectivity index (χ0) is 20.6. The van der Waals surface area contributed by atoms with Gasteiger partial charge >= 0.3 is 0 Å². The number of aromatic amines is 2. The predicted molar refractivity (Wildman–Crippen MR) is 119 cm³/mol. The number of amides is 1. The van der Waals surface area contributed by atoms with E-state index in [2.05, 4.69) is 31.2 Å². The number of halogens is 1. The fourth-order valence-corrected chi connectivity index (χ4v) is 5.16. The molecule has 3 heterocycles. The molecule has 1 amide bonds. The van der Waals surface area contributed by atoms with E-state index in [0.29, 0.717) is 22.6 Å². The third-order valence-electron chi connectivity index (χ3n) is 5.74. The van der Waals surface area contributed by atoms with Gasteiger partial charge in [-0.25, -0.2) is 0 Å². The molecular formula is C22H12BrN3O3S. The number of benzene rings is 3. The molecule has 2 aliphatic rings. The molecule has 30 heavy (non-hydrogen) atoms. The van der Waals surface area contributed by atoms with Crippen molar-refractivity contribution in [3.05, 3.63) is 90.9 Å². The van der Waals surface area contributed by atoms with Crippen molar-refractivity contribution in [1.82, 2.24) is 9.97 Å². The Kier molecular flexibility index (Phi) is 3.46. The third kappa shape index (κ3) is 2.09. The van der Waals surface area contributed by atoms with Crippen molar-refractivity contribution in [2.45, 2.75) is 5.41 Å². The minimum atomic E-state index is -1.39. The highest BCUT2D eigenvalue weighted by atomic mass is 79.9. The number of carbonyl (C=O) groups excluding carboxylic acids is 1. The minimum Gasteiger partial charge on any atom is -0.440 e. The van der Waals surface area contributed by atoms with Crippen LogP contribution in [-0.4, -0.2) is 15.9 Å². The van der Waals surface area contributed by atoms with Crippen LogP contribution in [0.2, 0.25) is 0 Å². The van der Waals surface area contributed by atoms with Crippen LogP contribution in [0.5, 0.6) is 11.6 Å². The molecule has 2 aliphatic heterocycles. The van der Waals surface area contributed by atoms with Crippen LogP contribution in [0, 0.1) is 4.77 Å². The summed E-state index contributed by atoms with van der Waals surface area (Å²) in [6.45, 7) is 0. The topological polar surface area (TPSA) is 87.0 Å². The standard InChI is InChI=1S/C22H12BrN3O3S/c23-11-6-7-14-13(9-11)22(20(28)24-14)16-12-4-2-1-3-10(12)5-8-15(16)29-19-17(22)18(27)25-21(30)26-19/h1-9H,(H,24,28)(H2,25,26,27,30). The number of fused-ring (bicyclic) bond motifs is 8. The summed E-state index contributed by atoms with van der Waals surface area (Å²) in [5.41, 5.74) is 0.302. The van der Waals surface area contributed by atoms with Crippen LogP contribution in [0.25, 0.3) is 10.8 Å². The maximum Gasteiger partial charge on any atom is 0.260 e. The maximum absolute atomic E-state index is 13.8. The molecular weight excluding hydrogens is 466 g/mol. The predicted octanol–water partition coefficient (Wildman–Crippen LogP) is 4.74. The lowest BCUT2D eigenvalue weighted by Crippen LogP contribution is -2.44. The van der Waals surface area contributed by atoms with Crippen LogP contribution in [0.1, 0.15) is 16.7 Å². The maximum atomic E-state index is 13.8. The summed E-state index contributed by atoms with van der Waals surface area (Å²) in [5, 5.41) is 4.75. The van der Waals surface area contributed by atoms with Crippen LogP contribution >= 0.6 is 28.1 Å². The smallest absolute Gasteiger partial charge is 0.260 e. The number of H-pyrrole nitrogens is 2. The molecule has 0 saturated heterocycles. The Bertz CT molecular complexity index is 1540. The van der Waals surface area contributed by atoms with E-state index in [1.165, 1.54) is 0 Å². The van der Waals surface area contributed by atoms with Gasteiger partial charge in [0, 0.05) is 21.3 Å². The normalized spacial score (nSPS) is 18.5. The summed E-state index contributed by atoms with van der Waals surface area (Å²) in [6, 6.07) is 17.0. The van der Waals surface area contributed by atoms with Gasteiger partial charge in [0.25, 0.3) is 5.56 Å². The number of hydrogen-bond donors (Lipinski definition) is 3. The molecule has 1 atom stereocenters. The number of nitrogens with one attached hydrogen (secondary N) is 3. The molecule has 146 valence electrons. The van der Waals surface area contributed by atoms with Gasteiger partial charge in [-0.1, -0.05) is 46.3 Å². The van der Waals surface area contributed by atoms with E-state index < -0.39 is 11.0 Å². The van der Waals surface area contributed by atoms with E-state index in [1.807, 2.05) is 54.6 Å². The van der Waals surface area contributed by atoms with Gasteiger partial charge in [-0.05, 0) is 47.3 Å². The molecule has 3 N–H and O–H groups in total. The number of rotatable bonds is 0. The van der Waals surface area contributed by atoms with Crippen molar-refractivity contribution in [2.24, 2.45) is 0 Å². The fraction of sp³-hybridized carbons (Fsp3) is 0.0455. The zero-order valence-electron chi connectivity index (χ0n) is 15.2. The largest absolute Gasteiger partial charge is 0.440 e. The lowest BCUT2D eigenvalue weighted by atomic mass is 9.68. The first-order valence-corrected chi connectivity index (χ1v) is 10.4. The average Bonchev–Trinajstić information content (AvgIpc) is 2.99. The lowest BCUT2D eigenvalue weighted by Gasteiger charge is -2.35.